The summed E-state index contributed by atoms with van der Waals surface area (Å²) in [5, 5.41) is 11.0. The summed E-state index contributed by atoms with van der Waals surface area (Å²) in [6.07, 6.45) is 7.42. The van der Waals surface area contributed by atoms with E-state index in [2.05, 4.69) is 36.3 Å². The number of hydrogen-bond donors (Lipinski definition) is 0. The van der Waals surface area contributed by atoms with Gasteiger partial charge in [0, 0.05) is 24.2 Å². The zero-order valence-corrected chi connectivity index (χ0v) is 17.7. The van der Waals surface area contributed by atoms with Gasteiger partial charge in [0.2, 0.25) is 0 Å². The fourth-order valence-electron chi connectivity index (χ4n) is 4.01. The molecule has 0 saturated carbocycles. The summed E-state index contributed by atoms with van der Waals surface area (Å²) in [5.41, 5.74) is 0.429. The third-order valence-corrected chi connectivity index (χ3v) is 6.16. The molecule has 0 aromatic heterocycles. The maximum absolute atomic E-state index is 10.3. The van der Waals surface area contributed by atoms with E-state index in [0.29, 0.717) is 11.1 Å². The van der Waals surface area contributed by atoms with Crippen LogP contribution < -0.4 is 0 Å². The predicted molar refractivity (Wildman–Crippen MR) is 115 cm³/mol. The molecule has 1 unspecified atom stereocenters. The zero-order chi connectivity index (χ0) is 19.7. The lowest BCUT2D eigenvalue weighted by Gasteiger charge is -2.35. The molecule has 0 radical (unpaired) electrons. The number of hydrogen-bond acceptors (Lipinski definition) is 3. The summed E-state index contributed by atoms with van der Waals surface area (Å²) >= 11 is 6.55. The van der Waals surface area contributed by atoms with Crippen molar-refractivity contribution in [3.05, 3.63) is 47.5 Å². The minimum atomic E-state index is -0.551. The Kier molecular flexibility index (Phi) is 8.83. The first kappa shape index (κ1) is 22.0. The van der Waals surface area contributed by atoms with Crippen molar-refractivity contribution in [2.24, 2.45) is 0 Å². The Morgan fingerprint density at radius 2 is 1.96 bits per heavy atom. The molecular formula is C23H34ClN3. The van der Waals surface area contributed by atoms with Crippen LogP contribution in [0, 0.1) is 11.3 Å². The van der Waals surface area contributed by atoms with Crippen molar-refractivity contribution in [2.75, 3.05) is 32.7 Å². The maximum atomic E-state index is 10.3. The molecule has 1 atom stereocenters. The lowest BCUT2D eigenvalue weighted by atomic mass is 9.75. The maximum Gasteiger partial charge on any atom is 0.0861 e. The quantitative estimate of drug-likeness (QED) is 0.512. The lowest BCUT2D eigenvalue weighted by molar-refractivity contribution is 0.194. The average Bonchev–Trinajstić information content (AvgIpc) is 2.69. The van der Waals surface area contributed by atoms with Gasteiger partial charge in [0.15, 0.2) is 0 Å². The number of likely N-dealkylation sites (tertiary alicyclic amines) is 1. The SMILES string of the molecule is C=CCN(CCC(C#N)(CCN1CCCCC1)c1ccccc1Cl)C(C)C. The van der Waals surface area contributed by atoms with E-state index in [-0.39, 0.29) is 0 Å². The molecule has 27 heavy (non-hydrogen) atoms. The van der Waals surface area contributed by atoms with Gasteiger partial charge in [-0.1, -0.05) is 42.3 Å². The fourth-order valence-corrected chi connectivity index (χ4v) is 4.32. The van der Waals surface area contributed by atoms with E-state index in [9.17, 15) is 5.26 Å². The van der Waals surface area contributed by atoms with Gasteiger partial charge in [-0.15, -0.1) is 6.58 Å². The van der Waals surface area contributed by atoms with Gasteiger partial charge in [-0.25, -0.2) is 0 Å². The number of nitriles is 1. The fraction of sp³-hybridized carbons (Fsp3) is 0.609. The van der Waals surface area contributed by atoms with Gasteiger partial charge in [-0.05, 0) is 70.8 Å². The third-order valence-electron chi connectivity index (χ3n) is 5.83. The minimum absolute atomic E-state index is 0.424. The van der Waals surface area contributed by atoms with E-state index in [0.717, 1.165) is 51.1 Å². The number of benzene rings is 1. The molecule has 1 aliphatic rings. The van der Waals surface area contributed by atoms with Crippen LogP contribution in [0.3, 0.4) is 0 Å². The van der Waals surface area contributed by atoms with Crippen molar-refractivity contribution in [2.45, 2.75) is 57.4 Å². The minimum Gasteiger partial charge on any atom is -0.303 e. The molecule has 0 aliphatic carbocycles. The number of halogens is 1. The highest BCUT2D eigenvalue weighted by atomic mass is 35.5. The Morgan fingerprint density at radius 1 is 1.26 bits per heavy atom. The van der Waals surface area contributed by atoms with Crippen LogP contribution in [-0.2, 0) is 5.41 Å². The summed E-state index contributed by atoms with van der Waals surface area (Å²) in [6, 6.07) is 11.0. The summed E-state index contributed by atoms with van der Waals surface area (Å²) in [6.45, 7) is 13.2. The number of rotatable bonds is 10. The smallest absolute Gasteiger partial charge is 0.0861 e. The molecule has 4 heteroatoms. The van der Waals surface area contributed by atoms with E-state index in [1.807, 2.05) is 30.3 Å². The van der Waals surface area contributed by atoms with Crippen LogP contribution in [0.4, 0.5) is 0 Å². The van der Waals surface area contributed by atoms with Crippen LogP contribution in [0.15, 0.2) is 36.9 Å². The summed E-state index contributed by atoms with van der Waals surface area (Å²) < 4.78 is 0. The molecule has 148 valence electrons. The van der Waals surface area contributed by atoms with E-state index in [1.165, 1.54) is 19.3 Å². The van der Waals surface area contributed by atoms with Gasteiger partial charge in [-0.3, -0.25) is 4.90 Å². The third kappa shape index (κ3) is 6.07. The molecule has 1 saturated heterocycles. The molecule has 0 spiro atoms. The first-order valence-corrected chi connectivity index (χ1v) is 10.6. The summed E-state index contributed by atoms with van der Waals surface area (Å²) in [7, 11) is 0. The topological polar surface area (TPSA) is 30.3 Å². The molecule has 0 N–H and O–H groups in total. The van der Waals surface area contributed by atoms with Gasteiger partial charge < -0.3 is 4.90 Å². The number of piperidine rings is 1. The van der Waals surface area contributed by atoms with Gasteiger partial charge in [0.25, 0.3) is 0 Å². The average molecular weight is 388 g/mol. The molecule has 3 nitrogen and oxygen atoms in total. The Balaban J connectivity index is 2.21. The number of nitrogens with zero attached hydrogens (tertiary/aromatic N) is 3. The van der Waals surface area contributed by atoms with E-state index >= 15 is 0 Å². The van der Waals surface area contributed by atoms with E-state index in [1.54, 1.807) is 0 Å². The monoisotopic (exact) mass is 387 g/mol. The Hall–Kier alpha value is -1.34. The molecule has 1 aromatic rings. The second kappa shape index (κ2) is 10.9. The molecule has 2 rings (SSSR count). The van der Waals surface area contributed by atoms with Crippen molar-refractivity contribution in [3.63, 3.8) is 0 Å². The van der Waals surface area contributed by atoms with Crippen molar-refractivity contribution in [1.29, 1.82) is 5.26 Å². The largest absolute Gasteiger partial charge is 0.303 e. The van der Waals surface area contributed by atoms with Gasteiger partial charge >= 0.3 is 0 Å². The second-order valence-electron chi connectivity index (χ2n) is 7.95. The molecule has 0 amide bonds. The Bertz CT molecular complexity index is 631. The summed E-state index contributed by atoms with van der Waals surface area (Å²) in [4.78, 5) is 4.88. The molecule has 1 aromatic carbocycles. The van der Waals surface area contributed by atoms with Gasteiger partial charge in [0.1, 0.15) is 0 Å². The van der Waals surface area contributed by atoms with Gasteiger partial charge in [0.05, 0.1) is 11.5 Å². The molecule has 1 aliphatic heterocycles. The highest BCUT2D eigenvalue weighted by Crippen LogP contribution is 2.36. The second-order valence-corrected chi connectivity index (χ2v) is 8.36. The van der Waals surface area contributed by atoms with E-state index in [4.69, 9.17) is 11.6 Å². The lowest BCUT2D eigenvalue weighted by Crippen LogP contribution is -2.39. The van der Waals surface area contributed by atoms with Crippen LogP contribution in [0.1, 0.15) is 51.5 Å². The predicted octanol–water partition coefficient (Wildman–Crippen LogP) is 5.26. The summed E-state index contributed by atoms with van der Waals surface area (Å²) in [5.74, 6) is 0. The Labute approximate surface area is 170 Å². The normalized spacial score (nSPS) is 17.6. The molecule has 1 heterocycles. The Morgan fingerprint density at radius 3 is 2.56 bits per heavy atom. The highest BCUT2D eigenvalue weighted by Gasteiger charge is 2.35. The van der Waals surface area contributed by atoms with Crippen LogP contribution in [0.25, 0.3) is 0 Å². The van der Waals surface area contributed by atoms with Crippen molar-refractivity contribution in [3.8, 4) is 6.07 Å². The molecule has 1 fully saturated rings. The highest BCUT2D eigenvalue weighted by molar-refractivity contribution is 6.31. The van der Waals surface area contributed by atoms with Crippen molar-refractivity contribution in [1.82, 2.24) is 9.80 Å². The standard InChI is InChI=1S/C23H34ClN3/c1-4-14-27(20(2)3)18-13-23(19-25,21-10-6-7-11-22(21)24)12-17-26-15-8-5-9-16-26/h4,6-7,10-11,20H,1,5,8-9,12-18H2,2-3H3. The van der Waals surface area contributed by atoms with Crippen molar-refractivity contribution < 1.29 is 0 Å². The van der Waals surface area contributed by atoms with Crippen LogP contribution in [-0.4, -0.2) is 48.6 Å². The van der Waals surface area contributed by atoms with Crippen LogP contribution in [0.5, 0.6) is 0 Å². The zero-order valence-electron chi connectivity index (χ0n) is 17.0. The molecular weight excluding hydrogens is 354 g/mol. The van der Waals surface area contributed by atoms with Crippen LogP contribution >= 0.6 is 11.6 Å². The molecule has 0 bridgehead atoms. The van der Waals surface area contributed by atoms with Crippen LogP contribution in [0.2, 0.25) is 5.02 Å². The first-order valence-electron chi connectivity index (χ1n) is 10.3. The van der Waals surface area contributed by atoms with E-state index < -0.39 is 5.41 Å². The van der Waals surface area contributed by atoms with Crippen molar-refractivity contribution >= 4 is 11.6 Å². The first-order chi connectivity index (χ1) is 13.0. The van der Waals surface area contributed by atoms with Gasteiger partial charge in [-0.2, -0.15) is 5.26 Å².